The van der Waals surface area contributed by atoms with Crippen LogP contribution >= 0.6 is 15.9 Å². The number of unbranched alkanes of at least 4 members (excludes halogenated alkanes) is 1. The highest BCUT2D eigenvalue weighted by Crippen LogP contribution is 2.28. The van der Waals surface area contributed by atoms with Crippen molar-refractivity contribution in [3.05, 3.63) is 125 Å². The lowest BCUT2D eigenvalue weighted by Gasteiger charge is -2.34. The summed E-state index contributed by atoms with van der Waals surface area (Å²) in [7, 11) is -2.70. The summed E-state index contributed by atoms with van der Waals surface area (Å²) >= 11 is 3.51. The number of ether oxygens (including phenoxy) is 1. The maximum atomic E-state index is 14.5. The number of halogens is 1. The number of sulfonamides is 1. The van der Waals surface area contributed by atoms with Crippen molar-refractivity contribution < 1.29 is 22.7 Å². The zero-order valence-corrected chi connectivity index (χ0v) is 27.8. The summed E-state index contributed by atoms with van der Waals surface area (Å²) in [4.78, 5) is 29.9. The van der Waals surface area contributed by atoms with E-state index in [9.17, 15) is 18.0 Å². The van der Waals surface area contributed by atoms with Gasteiger partial charge >= 0.3 is 0 Å². The predicted molar refractivity (Wildman–Crippen MR) is 181 cm³/mol. The Kier molecular flexibility index (Phi) is 12.2. The van der Waals surface area contributed by atoms with Crippen molar-refractivity contribution in [1.82, 2.24) is 10.2 Å². The zero-order valence-electron chi connectivity index (χ0n) is 25.4. The highest BCUT2D eigenvalue weighted by atomic mass is 79.9. The van der Waals surface area contributed by atoms with Crippen LogP contribution in [0.25, 0.3) is 0 Å². The molecule has 45 heavy (non-hydrogen) atoms. The molecule has 0 heterocycles. The maximum Gasteiger partial charge on any atom is 0.264 e. The standard InChI is InChI=1S/C35H38BrN3O5S/c1-3-4-21-37-35(41)33(23-27-13-7-5-8-14-27)38(25-28-15-11-16-29(36)22-28)34(40)26-39(30-17-12-18-31(24-30)44-2)45(42,43)32-19-9-6-10-20-32/h5-20,22,24,33H,3-4,21,23,25-26H2,1-2H3,(H,37,41). The number of rotatable bonds is 15. The number of nitrogens with zero attached hydrogens (tertiary/aromatic N) is 2. The molecule has 10 heteroatoms. The van der Waals surface area contributed by atoms with Crippen LogP contribution in [0.4, 0.5) is 5.69 Å². The van der Waals surface area contributed by atoms with Gasteiger partial charge in [-0.1, -0.05) is 96.0 Å². The van der Waals surface area contributed by atoms with E-state index in [0.717, 1.165) is 32.7 Å². The molecule has 0 aliphatic carbocycles. The summed E-state index contributed by atoms with van der Waals surface area (Å²) in [5.74, 6) is -0.380. The fourth-order valence-electron chi connectivity index (χ4n) is 4.91. The van der Waals surface area contributed by atoms with Gasteiger partial charge in [-0.25, -0.2) is 8.42 Å². The summed E-state index contributed by atoms with van der Waals surface area (Å²) in [5, 5.41) is 3.00. The van der Waals surface area contributed by atoms with Gasteiger partial charge in [-0.3, -0.25) is 13.9 Å². The average Bonchev–Trinajstić information content (AvgIpc) is 3.06. The van der Waals surface area contributed by atoms with Crippen molar-refractivity contribution >= 4 is 43.5 Å². The summed E-state index contributed by atoms with van der Waals surface area (Å²) in [6, 6.07) is 30.6. The third-order valence-corrected chi connectivity index (χ3v) is 9.58. The van der Waals surface area contributed by atoms with Crippen LogP contribution in [0.1, 0.15) is 30.9 Å². The molecule has 1 N–H and O–H groups in total. The summed E-state index contributed by atoms with van der Waals surface area (Å²) in [6.45, 7) is 2.06. The van der Waals surface area contributed by atoms with Crippen LogP contribution in [-0.2, 0) is 32.6 Å². The van der Waals surface area contributed by atoms with Crippen LogP contribution in [0.3, 0.4) is 0 Å². The van der Waals surface area contributed by atoms with Crippen LogP contribution in [0, 0.1) is 0 Å². The molecule has 0 aliphatic heterocycles. The van der Waals surface area contributed by atoms with E-state index < -0.39 is 28.5 Å². The number of hydrogen-bond acceptors (Lipinski definition) is 5. The number of amides is 2. The van der Waals surface area contributed by atoms with Gasteiger partial charge in [0.1, 0.15) is 18.3 Å². The maximum absolute atomic E-state index is 14.5. The molecule has 8 nitrogen and oxygen atoms in total. The Morgan fingerprint density at radius 2 is 1.53 bits per heavy atom. The number of anilines is 1. The predicted octanol–water partition coefficient (Wildman–Crippen LogP) is 6.21. The summed E-state index contributed by atoms with van der Waals surface area (Å²) < 4.78 is 35.5. The van der Waals surface area contributed by atoms with Crippen LogP contribution in [0.15, 0.2) is 119 Å². The lowest BCUT2D eigenvalue weighted by Crippen LogP contribution is -2.53. The second-order valence-electron chi connectivity index (χ2n) is 10.5. The van der Waals surface area contributed by atoms with Crippen molar-refractivity contribution in [2.75, 3.05) is 24.5 Å². The van der Waals surface area contributed by atoms with E-state index in [1.807, 2.05) is 61.5 Å². The minimum Gasteiger partial charge on any atom is -0.497 e. The molecule has 0 saturated carbocycles. The average molecular weight is 693 g/mol. The molecule has 0 fully saturated rings. The number of nitrogens with one attached hydrogen (secondary N) is 1. The van der Waals surface area contributed by atoms with Crippen molar-refractivity contribution in [1.29, 1.82) is 0 Å². The number of benzene rings is 4. The molecule has 0 bridgehead atoms. The molecule has 2 amide bonds. The van der Waals surface area contributed by atoms with Crippen LogP contribution < -0.4 is 14.4 Å². The lowest BCUT2D eigenvalue weighted by molar-refractivity contribution is -0.140. The van der Waals surface area contributed by atoms with Crippen LogP contribution in [0.5, 0.6) is 5.75 Å². The molecule has 1 unspecified atom stereocenters. The molecule has 4 aromatic rings. The Bertz CT molecular complexity index is 1670. The van der Waals surface area contributed by atoms with Gasteiger partial charge < -0.3 is 15.0 Å². The van der Waals surface area contributed by atoms with E-state index >= 15 is 0 Å². The Morgan fingerprint density at radius 3 is 2.20 bits per heavy atom. The first-order valence-electron chi connectivity index (χ1n) is 14.8. The van der Waals surface area contributed by atoms with Gasteiger partial charge in [0, 0.05) is 30.0 Å². The molecule has 0 aliphatic rings. The van der Waals surface area contributed by atoms with Crippen molar-refractivity contribution in [2.24, 2.45) is 0 Å². The largest absolute Gasteiger partial charge is 0.497 e. The molecule has 0 saturated heterocycles. The first kappa shape index (κ1) is 33.7. The molecule has 4 rings (SSSR count). The Labute approximate surface area is 274 Å². The Morgan fingerprint density at radius 1 is 0.867 bits per heavy atom. The fraction of sp³-hybridized carbons (Fsp3) is 0.257. The van der Waals surface area contributed by atoms with Gasteiger partial charge in [0.05, 0.1) is 17.7 Å². The first-order valence-corrected chi connectivity index (χ1v) is 17.0. The molecular weight excluding hydrogens is 654 g/mol. The molecular formula is C35H38BrN3O5S. The van der Waals surface area contributed by atoms with E-state index in [-0.39, 0.29) is 29.5 Å². The monoisotopic (exact) mass is 691 g/mol. The van der Waals surface area contributed by atoms with Gasteiger partial charge in [-0.05, 0) is 53.9 Å². The van der Waals surface area contributed by atoms with E-state index in [1.165, 1.54) is 24.1 Å². The topological polar surface area (TPSA) is 96.0 Å². The molecule has 4 aromatic carbocycles. The number of carbonyl (C=O) groups excluding carboxylic acids is 2. The van der Waals surface area contributed by atoms with Gasteiger partial charge in [-0.15, -0.1) is 0 Å². The first-order chi connectivity index (χ1) is 21.7. The summed E-state index contributed by atoms with van der Waals surface area (Å²) in [5.41, 5.74) is 1.93. The second kappa shape index (κ2) is 16.2. The van der Waals surface area contributed by atoms with Crippen LogP contribution in [0.2, 0.25) is 0 Å². The zero-order chi connectivity index (χ0) is 32.2. The van der Waals surface area contributed by atoms with E-state index in [2.05, 4.69) is 21.2 Å². The fourth-order valence-corrected chi connectivity index (χ4v) is 6.78. The Balaban J connectivity index is 1.79. The minimum atomic E-state index is -4.19. The van der Waals surface area contributed by atoms with Crippen molar-refractivity contribution in [2.45, 2.75) is 43.7 Å². The van der Waals surface area contributed by atoms with Crippen molar-refractivity contribution in [3.63, 3.8) is 0 Å². The SMILES string of the molecule is CCCCNC(=O)C(Cc1ccccc1)N(Cc1cccc(Br)c1)C(=O)CN(c1cccc(OC)c1)S(=O)(=O)c1ccccc1. The van der Waals surface area contributed by atoms with E-state index in [4.69, 9.17) is 4.74 Å². The smallest absolute Gasteiger partial charge is 0.264 e. The number of carbonyl (C=O) groups is 2. The molecule has 236 valence electrons. The van der Waals surface area contributed by atoms with Gasteiger partial charge in [-0.2, -0.15) is 0 Å². The second-order valence-corrected chi connectivity index (χ2v) is 13.3. The van der Waals surface area contributed by atoms with E-state index in [1.54, 1.807) is 42.5 Å². The lowest BCUT2D eigenvalue weighted by atomic mass is 10.0. The van der Waals surface area contributed by atoms with Gasteiger partial charge in [0.2, 0.25) is 11.8 Å². The van der Waals surface area contributed by atoms with Crippen LogP contribution in [-0.4, -0.2) is 51.4 Å². The summed E-state index contributed by atoms with van der Waals surface area (Å²) in [6.07, 6.45) is 1.95. The van der Waals surface area contributed by atoms with Gasteiger partial charge in [0.25, 0.3) is 10.0 Å². The quantitative estimate of drug-likeness (QED) is 0.150. The highest BCUT2D eigenvalue weighted by Gasteiger charge is 2.34. The van der Waals surface area contributed by atoms with Crippen molar-refractivity contribution in [3.8, 4) is 5.75 Å². The molecule has 0 spiro atoms. The number of hydrogen-bond donors (Lipinski definition) is 1. The molecule has 0 radical (unpaired) electrons. The minimum absolute atomic E-state index is 0.0392. The highest BCUT2D eigenvalue weighted by molar-refractivity contribution is 9.10. The van der Waals surface area contributed by atoms with Gasteiger partial charge in [0.15, 0.2) is 0 Å². The third-order valence-electron chi connectivity index (χ3n) is 7.29. The number of methoxy groups -OCH3 is 1. The Hall–Kier alpha value is -4.15. The third kappa shape index (κ3) is 9.18. The normalized spacial score (nSPS) is 11.8. The molecule has 1 atom stereocenters. The molecule has 0 aromatic heterocycles. The van der Waals surface area contributed by atoms with E-state index in [0.29, 0.717) is 12.3 Å².